The van der Waals surface area contributed by atoms with Crippen LogP contribution in [-0.2, 0) is 0 Å². The Morgan fingerprint density at radius 2 is 1.47 bits per heavy atom. The molecule has 154 valence electrons. The van der Waals surface area contributed by atoms with Gasteiger partial charge in [-0.2, -0.15) is 0 Å². The molecule has 0 radical (unpaired) electrons. The van der Waals surface area contributed by atoms with E-state index < -0.39 is 0 Å². The molecule has 6 rings (SSSR count). The second-order valence-electron chi connectivity index (χ2n) is 8.21. The SMILES string of the molecule is Cc1nc(C2=CC(c3ccc(-c4ccccc4)cc3)=CCC2)c2c(n1)sc1ccccc12. The van der Waals surface area contributed by atoms with Gasteiger partial charge in [0.1, 0.15) is 10.7 Å². The predicted molar refractivity (Wildman–Crippen MR) is 137 cm³/mol. The average Bonchev–Trinajstić information content (AvgIpc) is 3.22. The van der Waals surface area contributed by atoms with Gasteiger partial charge in [0.25, 0.3) is 0 Å². The van der Waals surface area contributed by atoms with Crippen LogP contribution in [-0.4, -0.2) is 9.97 Å². The molecular weight excluding hydrogens is 408 g/mol. The summed E-state index contributed by atoms with van der Waals surface area (Å²) in [6, 6.07) is 28.0. The first-order chi connectivity index (χ1) is 15.8. The molecular formula is C29H22N2S. The second-order valence-corrected chi connectivity index (χ2v) is 9.24. The molecule has 0 bridgehead atoms. The van der Waals surface area contributed by atoms with E-state index in [1.165, 1.54) is 43.3 Å². The Kier molecular flexibility index (Phi) is 4.70. The first-order valence-corrected chi connectivity index (χ1v) is 11.8. The van der Waals surface area contributed by atoms with E-state index in [1.54, 1.807) is 11.3 Å². The maximum Gasteiger partial charge on any atom is 0.128 e. The third-order valence-corrected chi connectivity index (χ3v) is 7.15. The van der Waals surface area contributed by atoms with Crippen LogP contribution in [0.15, 0.2) is 91.0 Å². The number of aromatic nitrogens is 2. The van der Waals surface area contributed by atoms with Crippen LogP contribution in [0, 0.1) is 6.92 Å². The van der Waals surface area contributed by atoms with Crippen LogP contribution in [0.1, 0.15) is 29.9 Å². The molecule has 2 nitrogen and oxygen atoms in total. The topological polar surface area (TPSA) is 25.8 Å². The van der Waals surface area contributed by atoms with Crippen molar-refractivity contribution in [3.05, 3.63) is 108 Å². The molecule has 0 saturated carbocycles. The first-order valence-electron chi connectivity index (χ1n) is 11.0. The summed E-state index contributed by atoms with van der Waals surface area (Å²) >= 11 is 1.76. The van der Waals surface area contributed by atoms with Crippen LogP contribution >= 0.6 is 11.3 Å². The maximum atomic E-state index is 4.93. The van der Waals surface area contributed by atoms with Crippen molar-refractivity contribution in [1.82, 2.24) is 9.97 Å². The van der Waals surface area contributed by atoms with Crippen molar-refractivity contribution in [2.24, 2.45) is 0 Å². The Bertz CT molecular complexity index is 1510. The third kappa shape index (κ3) is 3.35. The normalized spacial score (nSPS) is 13.9. The van der Waals surface area contributed by atoms with Crippen LogP contribution in [0.2, 0.25) is 0 Å². The number of fused-ring (bicyclic) bond motifs is 3. The van der Waals surface area contributed by atoms with Gasteiger partial charge in [-0.3, -0.25) is 0 Å². The minimum atomic E-state index is 0.836. The highest BCUT2D eigenvalue weighted by Gasteiger charge is 2.18. The Balaban J connectivity index is 1.42. The van der Waals surface area contributed by atoms with E-state index in [0.717, 1.165) is 29.2 Å². The third-order valence-electron chi connectivity index (χ3n) is 6.09. The summed E-state index contributed by atoms with van der Waals surface area (Å²) in [6.45, 7) is 2.00. The fourth-order valence-electron chi connectivity index (χ4n) is 4.54. The predicted octanol–water partition coefficient (Wildman–Crippen LogP) is 8.08. The van der Waals surface area contributed by atoms with Crippen molar-refractivity contribution < 1.29 is 0 Å². The van der Waals surface area contributed by atoms with E-state index in [-0.39, 0.29) is 0 Å². The minimum Gasteiger partial charge on any atom is -0.233 e. The molecule has 5 aromatic rings. The highest BCUT2D eigenvalue weighted by molar-refractivity contribution is 7.25. The number of thiophene rings is 1. The lowest BCUT2D eigenvalue weighted by Crippen LogP contribution is -1.99. The lowest BCUT2D eigenvalue weighted by Gasteiger charge is -2.16. The van der Waals surface area contributed by atoms with Gasteiger partial charge in [-0.1, -0.05) is 78.9 Å². The first kappa shape index (κ1) is 19.1. The van der Waals surface area contributed by atoms with E-state index >= 15 is 0 Å². The Labute approximate surface area is 191 Å². The van der Waals surface area contributed by atoms with Gasteiger partial charge in [-0.15, -0.1) is 11.3 Å². The van der Waals surface area contributed by atoms with Crippen LogP contribution in [0.5, 0.6) is 0 Å². The highest BCUT2D eigenvalue weighted by Crippen LogP contribution is 2.39. The van der Waals surface area contributed by atoms with Crippen molar-refractivity contribution in [2.45, 2.75) is 19.8 Å². The molecule has 0 amide bonds. The average molecular weight is 431 g/mol. The number of aryl methyl sites for hydroxylation is 1. The van der Waals surface area contributed by atoms with E-state index in [9.17, 15) is 0 Å². The molecule has 2 heterocycles. The molecule has 0 aliphatic heterocycles. The molecule has 32 heavy (non-hydrogen) atoms. The fraction of sp³-hybridized carbons (Fsp3) is 0.103. The van der Waals surface area contributed by atoms with Crippen LogP contribution in [0.25, 0.3) is 42.6 Å². The van der Waals surface area contributed by atoms with Crippen molar-refractivity contribution in [2.75, 3.05) is 0 Å². The largest absolute Gasteiger partial charge is 0.233 e. The monoisotopic (exact) mass is 430 g/mol. The highest BCUT2D eigenvalue weighted by atomic mass is 32.1. The summed E-state index contributed by atoms with van der Waals surface area (Å²) in [5, 5.41) is 2.45. The van der Waals surface area contributed by atoms with Gasteiger partial charge < -0.3 is 0 Å². The summed E-state index contributed by atoms with van der Waals surface area (Å²) in [6.07, 6.45) is 6.70. The van der Waals surface area contributed by atoms with Gasteiger partial charge in [-0.25, -0.2) is 9.97 Å². The summed E-state index contributed by atoms with van der Waals surface area (Å²) in [7, 11) is 0. The molecule has 3 aromatic carbocycles. The molecule has 0 spiro atoms. The van der Waals surface area contributed by atoms with E-state index in [0.29, 0.717) is 0 Å². The zero-order chi connectivity index (χ0) is 21.5. The van der Waals surface area contributed by atoms with Gasteiger partial charge in [0.05, 0.1) is 5.69 Å². The lowest BCUT2D eigenvalue weighted by atomic mass is 9.91. The molecule has 0 unspecified atom stereocenters. The Morgan fingerprint density at radius 1 is 0.750 bits per heavy atom. The van der Waals surface area contributed by atoms with Gasteiger partial charge in [0.15, 0.2) is 0 Å². The van der Waals surface area contributed by atoms with Crippen LogP contribution in [0.4, 0.5) is 0 Å². The molecule has 0 fully saturated rings. The summed E-state index contributed by atoms with van der Waals surface area (Å²) in [5.41, 5.74) is 7.41. The van der Waals surface area contributed by atoms with Crippen LogP contribution < -0.4 is 0 Å². The second kappa shape index (κ2) is 7.85. The van der Waals surface area contributed by atoms with Crippen LogP contribution in [0.3, 0.4) is 0 Å². The van der Waals surface area contributed by atoms with Gasteiger partial charge in [0, 0.05) is 15.5 Å². The van der Waals surface area contributed by atoms with Crippen molar-refractivity contribution >= 4 is 42.8 Å². The van der Waals surface area contributed by atoms with Gasteiger partial charge >= 0.3 is 0 Å². The number of nitrogens with zero attached hydrogens (tertiary/aromatic N) is 2. The fourth-order valence-corrected chi connectivity index (χ4v) is 5.66. The maximum absolute atomic E-state index is 4.93. The zero-order valence-corrected chi connectivity index (χ0v) is 18.7. The smallest absolute Gasteiger partial charge is 0.128 e. The molecule has 0 saturated heterocycles. The Hall–Kier alpha value is -3.56. The number of hydrogen-bond acceptors (Lipinski definition) is 3. The zero-order valence-electron chi connectivity index (χ0n) is 17.9. The Morgan fingerprint density at radius 3 is 2.31 bits per heavy atom. The van der Waals surface area contributed by atoms with Crippen molar-refractivity contribution in [3.8, 4) is 11.1 Å². The quantitative estimate of drug-likeness (QED) is 0.289. The number of rotatable bonds is 3. The van der Waals surface area contributed by atoms with E-state index in [1.807, 2.05) is 6.92 Å². The number of hydrogen-bond donors (Lipinski definition) is 0. The number of allylic oxidation sites excluding steroid dienone is 4. The molecule has 0 atom stereocenters. The lowest BCUT2D eigenvalue weighted by molar-refractivity contribution is 1.02. The van der Waals surface area contributed by atoms with E-state index in [4.69, 9.17) is 9.97 Å². The minimum absolute atomic E-state index is 0.836. The summed E-state index contributed by atoms with van der Waals surface area (Å²) in [4.78, 5) is 10.8. The summed E-state index contributed by atoms with van der Waals surface area (Å²) in [5.74, 6) is 0.836. The van der Waals surface area contributed by atoms with Gasteiger partial charge in [-0.05, 0) is 59.7 Å². The summed E-state index contributed by atoms with van der Waals surface area (Å²) < 4.78 is 1.27. The van der Waals surface area contributed by atoms with E-state index in [2.05, 4.69) is 91.0 Å². The van der Waals surface area contributed by atoms with Crippen molar-refractivity contribution in [3.63, 3.8) is 0 Å². The molecule has 3 heteroatoms. The van der Waals surface area contributed by atoms with Gasteiger partial charge in [0.2, 0.25) is 0 Å². The standard InChI is InChI=1S/C29H22N2S/c1-19-30-28(27-25-12-5-6-13-26(25)32-29(27)31-19)24-11-7-10-23(18-24)22-16-14-21(15-17-22)20-8-3-2-4-9-20/h2-6,8-10,12-18H,7,11H2,1H3. The molecule has 1 aliphatic carbocycles. The van der Waals surface area contributed by atoms with Crippen molar-refractivity contribution in [1.29, 1.82) is 0 Å². The molecule has 1 aliphatic rings. The number of benzene rings is 3. The molecule has 0 N–H and O–H groups in total. The molecule has 2 aromatic heterocycles.